The number of nitrogens with zero attached hydrogens (tertiary/aromatic N) is 3. The molecular formula is C25H23FN4O2S. The van der Waals surface area contributed by atoms with Gasteiger partial charge in [-0.05, 0) is 71.4 Å². The van der Waals surface area contributed by atoms with Crippen LogP contribution in [0.5, 0.6) is 0 Å². The number of pyridine rings is 1. The van der Waals surface area contributed by atoms with Crippen molar-refractivity contribution in [3.05, 3.63) is 64.9 Å². The van der Waals surface area contributed by atoms with E-state index in [0.717, 1.165) is 72.1 Å². The number of likely N-dealkylation sites (N-methyl/N-ethyl adjacent to an activating group) is 1. The number of hydrogen-bond donors (Lipinski definition) is 1. The maximum atomic E-state index is 15.2. The van der Waals surface area contributed by atoms with E-state index < -0.39 is 5.91 Å². The Morgan fingerprint density at radius 3 is 2.61 bits per heavy atom. The second kappa shape index (κ2) is 8.96. The van der Waals surface area contributed by atoms with Crippen molar-refractivity contribution >= 4 is 45.6 Å². The number of anilines is 1. The smallest absolute Gasteiger partial charge is 0.290 e. The van der Waals surface area contributed by atoms with E-state index in [2.05, 4.69) is 27.0 Å². The number of piperazine rings is 1. The molecule has 3 heterocycles. The topological polar surface area (TPSA) is 65.5 Å². The van der Waals surface area contributed by atoms with E-state index in [-0.39, 0.29) is 11.1 Å². The molecule has 2 saturated heterocycles. The third-order valence-corrected chi connectivity index (χ3v) is 6.93. The van der Waals surface area contributed by atoms with Crippen LogP contribution in [0.2, 0.25) is 0 Å². The van der Waals surface area contributed by atoms with Crippen molar-refractivity contribution < 1.29 is 14.0 Å². The first kappa shape index (κ1) is 21.6. The largest absolute Gasteiger partial charge is 0.367 e. The van der Waals surface area contributed by atoms with Crippen molar-refractivity contribution in [3.63, 3.8) is 0 Å². The van der Waals surface area contributed by atoms with Gasteiger partial charge in [0.1, 0.15) is 5.82 Å². The summed E-state index contributed by atoms with van der Waals surface area (Å²) < 4.78 is 15.2. The van der Waals surface area contributed by atoms with E-state index in [9.17, 15) is 9.59 Å². The molecule has 2 fully saturated rings. The molecule has 0 atom stereocenters. The number of fused-ring (bicyclic) bond motifs is 1. The van der Waals surface area contributed by atoms with Crippen LogP contribution in [-0.2, 0) is 4.79 Å². The number of imide groups is 1. The summed E-state index contributed by atoms with van der Waals surface area (Å²) in [4.78, 5) is 32.6. The molecule has 33 heavy (non-hydrogen) atoms. The predicted molar refractivity (Wildman–Crippen MR) is 131 cm³/mol. The number of halogens is 1. The zero-order valence-corrected chi connectivity index (χ0v) is 19.0. The van der Waals surface area contributed by atoms with E-state index in [1.807, 2.05) is 36.4 Å². The summed E-state index contributed by atoms with van der Waals surface area (Å²) >= 11 is 0.882. The van der Waals surface area contributed by atoms with Crippen molar-refractivity contribution in [2.45, 2.75) is 6.92 Å². The minimum absolute atomic E-state index is 0.238. The van der Waals surface area contributed by atoms with Crippen molar-refractivity contribution in [1.82, 2.24) is 15.2 Å². The van der Waals surface area contributed by atoms with Gasteiger partial charge in [-0.25, -0.2) is 4.39 Å². The molecule has 2 aliphatic rings. The Bertz CT molecular complexity index is 1280. The lowest BCUT2D eigenvalue weighted by atomic mass is 9.99. The zero-order chi connectivity index (χ0) is 22.9. The summed E-state index contributed by atoms with van der Waals surface area (Å²) in [5.74, 6) is -0.632. The summed E-state index contributed by atoms with van der Waals surface area (Å²) in [6, 6.07) is 12.9. The van der Waals surface area contributed by atoms with Crippen LogP contribution in [0.15, 0.2) is 53.6 Å². The molecule has 2 aromatic carbocycles. The molecule has 0 unspecified atom stereocenters. The fourth-order valence-corrected chi connectivity index (χ4v) is 5.00. The lowest BCUT2D eigenvalue weighted by Crippen LogP contribution is -2.46. The Morgan fingerprint density at radius 1 is 1.09 bits per heavy atom. The van der Waals surface area contributed by atoms with Crippen molar-refractivity contribution in [1.29, 1.82) is 0 Å². The second-order valence-electron chi connectivity index (χ2n) is 8.07. The van der Waals surface area contributed by atoms with Gasteiger partial charge in [-0.2, -0.15) is 0 Å². The molecule has 168 valence electrons. The maximum Gasteiger partial charge on any atom is 0.290 e. The number of carbonyl (C=O) groups is 2. The highest BCUT2D eigenvalue weighted by Gasteiger charge is 2.25. The minimum Gasteiger partial charge on any atom is -0.367 e. The Kier molecular flexibility index (Phi) is 5.86. The third kappa shape index (κ3) is 4.36. The molecule has 2 aliphatic heterocycles. The molecule has 0 saturated carbocycles. The first-order chi connectivity index (χ1) is 16.0. The van der Waals surface area contributed by atoms with Crippen LogP contribution in [0, 0.1) is 5.82 Å². The molecular weight excluding hydrogens is 439 g/mol. The summed E-state index contributed by atoms with van der Waals surface area (Å²) in [6.45, 7) is 6.66. The van der Waals surface area contributed by atoms with Crippen LogP contribution in [0.4, 0.5) is 14.9 Å². The minimum atomic E-state index is -0.395. The van der Waals surface area contributed by atoms with Crippen LogP contribution in [0.1, 0.15) is 12.5 Å². The Balaban J connectivity index is 1.48. The third-order valence-electron chi connectivity index (χ3n) is 6.12. The van der Waals surface area contributed by atoms with E-state index in [1.54, 1.807) is 18.3 Å². The SMILES string of the molecule is CCN1CCN(c2ccc(-c3ccnc4ccc(C=C5SC(=O)NC5=O)cc34)cc2F)CC1. The lowest BCUT2D eigenvalue weighted by molar-refractivity contribution is -0.115. The zero-order valence-electron chi connectivity index (χ0n) is 18.2. The van der Waals surface area contributed by atoms with Gasteiger partial charge in [-0.1, -0.05) is 19.1 Å². The quantitative estimate of drug-likeness (QED) is 0.576. The molecule has 1 aromatic heterocycles. The first-order valence-electron chi connectivity index (χ1n) is 10.9. The van der Waals surface area contributed by atoms with Gasteiger partial charge in [-0.3, -0.25) is 19.9 Å². The summed E-state index contributed by atoms with van der Waals surface area (Å²) in [6.07, 6.45) is 3.39. The van der Waals surface area contributed by atoms with Crippen LogP contribution in [0.25, 0.3) is 28.1 Å². The molecule has 0 bridgehead atoms. The van der Waals surface area contributed by atoms with Gasteiger partial charge in [0.05, 0.1) is 16.1 Å². The molecule has 0 aliphatic carbocycles. The van der Waals surface area contributed by atoms with E-state index in [4.69, 9.17) is 0 Å². The Morgan fingerprint density at radius 2 is 1.91 bits per heavy atom. The van der Waals surface area contributed by atoms with Gasteiger partial charge in [0.2, 0.25) is 0 Å². The fraction of sp³-hybridized carbons (Fsp3) is 0.240. The molecule has 8 heteroatoms. The molecule has 3 aromatic rings. The lowest BCUT2D eigenvalue weighted by Gasteiger charge is -2.35. The van der Waals surface area contributed by atoms with Crippen molar-refractivity contribution in [2.24, 2.45) is 0 Å². The molecule has 6 nitrogen and oxygen atoms in total. The first-order valence-corrected chi connectivity index (χ1v) is 11.7. The number of nitrogens with one attached hydrogen (secondary N) is 1. The van der Waals surface area contributed by atoms with Gasteiger partial charge in [0.25, 0.3) is 11.1 Å². The number of benzene rings is 2. The van der Waals surface area contributed by atoms with Gasteiger partial charge in [0.15, 0.2) is 0 Å². The molecule has 0 spiro atoms. The van der Waals surface area contributed by atoms with Crippen molar-refractivity contribution in [2.75, 3.05) is 37.6 Å². The highest BCUT2D eigenvalue weighted by molar-refractivity contribution is 8.18. The van der Waals surface area contributed by atoms with Gasteiger partial charge in [0, 0.05) is 37.8 Å². The monoisotopic (exact) mass is 462 g/mol. The average molecular weight is 463 g/mol. The summed E-state index contributed by atoms with van der Waals surface area (Å²) in [5, 5.41) is 2.74. The number of amides is 2. The van der Waals surface area contributed by atoms with Crippen LogP contribution in [0.3, 0.4) is 0 Å². The van der Waals surface area contributed by atoms with E-state index >= 15 is 4.39 Å². The molecule has 1 N–H and O–H groups in total. The molecule has 0 radical (unpaired) electrons. The van der Waals surface area contributed by atoms with Crippen LogP contribution >= 0.6 is 11.8 Å². The normalized spacial score (nSPS) is 18.4. The second-order valence-corrected chi connectivity index (χ2v) is 9.09. The predicted octanol–water partition coefficient (Wildman–Crippen LogP) is 4.51. The average Bonchev–Trinajstić information content (AvgIpc) is 3.15. The van der Waals surface area contributed by atoms with E-state index in [1.165, 1.54) is 0 Å². The van der Waals surface area contributed by atoms with E-state index in [0.29, 0.717) is 10.6 Å². The van der Waals surface area contributed by atoms with Crippen molar-refractivity contribution in [3.8, 4) is 11.1 Å². The Hall–Kier alpha value is -3.23. The number of rotatable bonds is 4. The van der Waals surface area contributed by atoms with Crippen LogP contribution in [-0.4, -0.2) is 53.8 Å². The summed E-state index contributed by atoms with van der Waals surface area (Å²) in [5.41, 5.74) is 3.81. The fourth-order valence-electron chi connectivity index (χ4n) is 4.31. The standard InChI is InChI=1S/C25H23FN4O2S/c1-2-29-9-11-30(12-10-29)22-6-4-17(15-20(22)26)18-7-8-27-21-5-3-16(13-19(18)21)14-23-24(31)28-25(32)33-23/h3-8,13-15H,2,9-12H2,1H3,(H,28,31,32). The van der Waals surface area contributed by atoms with Gasteiger partial charge < -0.3 is 9.80 Å². The Labute approximate surface area is 195 Å². The number of carbonyl (C=O) groups excluding carboxylic acids is 2. The highest BCUT2D eigenvalue weighted by Crippen LogP contribution is 2.33. The molecule has 5 rings (SSSR count). The number of aromatic nitrogens is 1. The van der Waals surface area contributed by atoms with Gasteiger partial charge >= 0.3 is 0 Å². The van der Waals surface area contributed by atoms with Crippen LogP contribution < -0.4 is 10.2 Å². The molecule has 2 amide bonds. The van der Waals surface area contributed by atoms with Gasteiger partial charge in [-0.15, -0.1) is 0 Å². The highest BCUT2D eigenvalue weighted by atomic mass is 32.2. The number of thioether (sulfide) groups is 1. The maximum absolute atomic E-state index is 15.2. The summed E-state index contributed by atoms with van der Waals surface area (Å²) in [7, 11) is 0. The number of hydrogen-bond acceptors (Lipinski definition) is 6.